The summed E-state index contributed by atoms with van der Waals surface area (Å²) in [6.07, 6.45) is 0.481. The van der Waals surface area contributed by atoms with Crippen LogP contribution in [0.25, 0.3) is 0 Å². The molecule has 2 aromatic carbocycles. The van der Waals surface area contributed by atoms with Crippen molar-refractivity contribution in [1.29, 1.82) is 0 Å². The Balaban J connectivity index is 2.30. The fourth-order valence-electron chi connectivity index (χ4n) is 2.57. The van der Waals surface area contributed by atoms with E-state index in [2.05, 4.69) is 10.5 Å². The molecule has 0 unspecified atom stereocenters. The number of nitrogens with two attached hydrogens (primary N) is 1. The molecule has 0 aromatic heterocycles. The zero-order chi connectivity index (χ0) is 18.4. The van der Waals surface area contributed by atoms with Gasteiger partial charge in [0.2, 0.25) is 0 Å². The number of carbonyl (C=O) groups excluding carboxylic acids is 1. The van der Waals surface area contributed by atoms with Gasteiger partial charge in [0.05, 0.1) is 6.42 Å². The third kappa shape index (κ3) is 4.35. The van der Waals surface area contributed by atoms with Crippen LogP contribution in [0.1, 0.15) is 34.0 Å². The summed E-state index contributed by atoms with van der Waals surface area (Å²) in [4.78, 5) is 23.5. The third-order valence-electron chi connectivity index (χ3n) is 3.74. The Morgan fingerprint density at radius 1 is 1.16 bits per heavy atom. The molecule has 5 N–H and O–H groups in total. The van der Waals surface area contributed by atoms with Crippen molar-refractivity contribution in [1.82, 2.24) is 0 Å². The second-order valence-corrected chi connectivity index (χ2v) is 5.39. The number of hydrogen-bond donors (Lipinski definition) is 4. The topological polar surface area (TPSA) is 125 Å². The highest BCUT2D eigenvalue weighted by molar-refractivity contribution is 6.07. The zero-order valence-corrected chi connectivity index (χ0v) is 13.7. The molecule has 0 bridgehead atoms. The Morgan fingerprint density at radius 3 is 2.48 bits per heavy atom. The third-order valence-corrected chi connectivity index (χ3v) is 3.74. The average Bonchev–Trinajstić information content (AvgIpc) is 2.61. The summed E-state index contributed by atoms with van der Waals surface area (Å²) in [6, 6.07) is 11.5. The molecule has 0 radical (unpaired) electrons. The summed E-state index contributed by atoms with van der Waals surface area (Å²) in [5.74, 6) is -1.38. The molecule has 130 valence electrons. The molecule has 7 heteroatoms. The Morgan fingerprint density at radius 2 is 1.84 bits per heavy atom. The van der Waals surface area contributed by atoms with Crippen LogP contribution in [-0.4, -0.2) is 28.0 Å². The number of anilines is 1. The van der Waals surface area contributed by atoms with Gasteiger partial charge in [-0.2, -0.15) is 0 Å². The number of aliphatic carboxylic acids is 1. The van der Waals surface area contributed by atoms with Gasteiger partial charge in [-0.3, -0.25) is 9.59 Å². The number of oxime groups is 1. The minimum Gasteiger partial charge on any atom is -0.481 e. The molecular weight excluding hydrogens is 322 g/mol. The van der Waals surface area contributed by atoms with Crippen molar-refractivity contribution in [3.63, 3.8) is 0 Å². The smallest absolute Gasteiger partial charge is 0.307 e. The molecule has 0 fully saturated rings. The summed E-state index contributed by atoms with van der Waals surface area (Å²) < 4.78 is 0. The number of benzene rings is 2. The summed E-state index contributed by atoms with van der Waals surface area (Å²) in [5.41, 5.74) is 8.32. The minimum atomic E-state index is -0.926. The lowest BCUT2D eigenvalue weighted by Gasteiger charge is -2.14. The van der Waals surface area contributed by atoms with Crippen molar-refractivity contribution >= 4 is 23.4 Å². The van der Waals surface area contributed by atoms with Gasteiger partial charge < -0.3 is 21.4 Å². The maximum Gasteiger partial charge on any atom is 0.307 e. The minimum absolute atomic E-state index is 0.0904. The fourth-order valence-corrected chi connectivity index (χ4v) is 2.57. The highest BCUT2D eigenvalue weighted by atomic mass is 16.4. The fraction of sp³-hybridized carbons (Fsp3) is 0.167. The largest absolute Gasteiger partial charge is 0.481 e. The quantitative estimate of drug-likeness (QED) is 0.277. The van der Waals surface area contributed by atoms with Crippen molar-refractivity contribution in [3.8, 4) is 0 Å². The van der Waals surface area contributed by atoms with Crippen molar-refractivity contribution in [2.24, 2.45) is 10.9 Å². The van der Waals surface area contributed by atoms with Gasteiger partial charge in [-0.25, -0.2) is 0 Å². The first kappa shape index (κ1) is 18.0. The van der Waals surface area contributed by atoms with Crippen molar-refractivity contribution < 1.29 is 19.9 Å². The van der Waals surface area contributed by atoms with Crippen molar-refractivity contribution in [3.05, 3.63) is 64.7 Å². The van der Waals surface area contributed by atoms with E-state index in [9.17, 15) is 9.59 Å². The molecule has 0 atom stereocenters. The first-order chi connectivity index (χ1) is 12.0. The van der Waals surface area contributed by atoms with Gasteiger partial charge in [-0.05, 0) is 35.7 Å². The molecule has 0 aliphatic carbocycles. The number of carboxylic acids is 1. The number of rotatable bonds is 6. The highest BCUT2D eigenvalue weighted by Crippen LogP contribution is 2.22. The lowest BCUT2D eigenvalue weighted by atomic mass is 10.00. The van der Waals surface area contributed by atoms with E-state index in [1.165, 1.54) is 6.07 Å². The molecule has 1 amide bonds. The summed E-state index contributed by atoms with van der Waals surface area (Å²) >= 11 is 0. The van der Waals surface area contributed by atoms with Gasteiger partial charge in [0.15, 0.2) is 5.84 Å². The zero-order valence-electron chi connectivity index (χ0n) is 13.7. The normalized spacial score (nSPS) is 11.2. The Bertz CT molecular complexity index is 831. The van der Waals surface area contributed by atoms with Gasteiger partial charge in [0.1, 0.15) is 0 Å². The molecule has 7 nitrogen and oxygen atoms in total. The number of hydrogen-bond acceptors (Lipinski definition) is 4. The summed E-state index contributed by atoms with van der Waals surface area (Å²) in [6.45, 7) is 1.90. The van der Waals surface area contributed by atoms with Crippen LogP contribution in [-0.2, 0) is 17.6 Å². The van der Waals surface area contributed by atoms with E-state index in [4.69, 9.17) is 16.0 Å². The number of nitrogens with one attached hydrogen (secondary N) is 1. The van der Waals surface area contributed by atoms with E-state index in [-0.39, 0.29) is 18.2 Å². The Hall–Kier alpha value is -3.35. The molecule has 0 heterocycles. The number of carboxylic acid groups (broad SMARTS) is 1. The van der Waals surface area contributed by atoms with Crippen LogP contribution in [0.5, 0.6) is 0 Å². The van der Waals surface area contributed by atoms with Crippen molar-refractivity contribution in [2.75, 3.05) is 5.32 Å². The van der Waals surface area contributed by atoms with Crippen LogP contribution in [0, 0.1) is 0 Å². The lowest BCUT2D eigenvalue weighted by Crippen LogP contribution is -2.17. The van der Waals surface area contributed by atoms with Crippen LogP contribution >= 0.6 is 0 Å². The predicted molar refractivity (Wildman–Crippen MR) is 94.1 cm³/mol. The Kier molecular flexibility index (Phi) is 5.73. The number of nitrogens with zero attached hydrogens (tertiary/aromatic N) is 1. The highest BCUT2D eigenvalue weighted by Gasteiger charge is 2.13. The maximum absolute atomic E-state index is 12.5. The molecule has 0 aliphatic heterocycles. The molecule has 2 aromatic rings. The summed E-state index contributed by atoms with van der Waals surface area (Å²) in [5, 5.41) is 23.5. The number of carbonyl (C=O) groups is 2. The van der Waals surface area contributed by atoms with E-state index in [0.717, 1.165) is 5.56 Å². The molecule has 2 rings (SSSR count). The molecule has 25 heavy (non-hydrogen) atoms. The van der Waals surface area contributed by atoms with E-state index in [1.54, 1.807) is 36.4 Å². The standard InChI is InChI=1S/C18H19N3O4/c1-2-14-11(10-16(22)23)5-4-8-15(14)20-18(24)13-7-3-6-12(9-13)17(19)21-25/h3-9,25H,2,10H2,1H3,(H2,19,21)(H,20,24)(H,22,23). The van der Waals surface area contributed by atoms with Crippen LogP contribution in [0.15, 0.2) is 47.6 Å². The maximum atomic E-state index is 12.5. The first-order valence-corrected chi connectivity index (χ1v) is 7.68. The van der Waals surface area contributed by atoms with Gasteiger partial charge in [0, 0.05) is 16.8 Å². The average molecular weight is 341 g/mol. The molecule has 0 spiro atoms. The van der Waals surface area contributed by atoms with Gasteiger partial charge >= 0.3 is 5.97 Å². The molecule has 0 saturated carbocycles. The summed E-state index contributed by atoms with van der Waals surface area (Å²) in [7, 11) is 0. The second kappa shape index (κ2) is 7.96. The van der Waals surface area contributed by atoms with E-state index in [0.29, 0.717) is 28.8 Å². The van der Waals surface area contributed by atoms with E-state index >= 15 is 0 Å². The van der Waals surface area contributed by atoms with E-state index in [1.807, 2.05) is 6.92 Å². The lowest BCUT2D eigenvalue weighted by molar-refractivity contribution is -0.136. The SMILES string of the molecule is CCc1c(CC(=O)O)cccc1NC(=O)c1cccc(/C(N)=N\O)c1. The van der Waals surface area contributed by atoms with E-state index < -0.39 is 5.97 Å². The van der Waals surface area contributed by atoms with Crippen LogP contribution < -0.4 is 11.1 Å². The second-order valence-electron chi connectivity index (χ2n) is 5.39. The van der Waals surface area contributed by atoms with Crippen LogP contribution in [0.2, 0.25) is 0 Å². The van der Waals surface area contributed by atoms with Crippen molar-refractivity contribution in [2.45, 2.75) is 19.8 Å². The van der Waals surface area contributed by atoms with Crippen LogP contribution in [0.4, 0.5) is 5.69 Å². The van der Waals surface area contributed by atoms with Gasteiger partial charge in [0.25, 0.3) is 5.91 Å². The van der Waals surface area contributed by atoms with Gasteiger partial charge in [-0.1, -0.05) is 36.3 Å². The van der Waals surface area contributed by atoms with Crippen LogP contribution in [0.3, 0.4) is 0 Å². The number of amidine groups is 1. The Labute approximate surface area is 144 Å². The first-order valence-electron chi connectivity index (χ1n) is 7.68. The van der Waals surface area contributed by atoms with Gasteiger partial charge in [-0.15, -0.1) is 0 Å². The molecular formula is C18H19N3O4. The molecule has 0 aliphatic rings. The predicted octanol–water partition coefficient (Wildman–Crippen LogP) is 2.22. The monoisotopic (exact) mass is 341 g/mol. The number of amides is 1. The molecule has 0 saturated heterocycles.